The summed E-state index contributed by atoms with van der Waals surface area (Å²) in [4.78, 5) is 62.6. The number of halogens is 2. The lowest BCUT2D eigenvalue weighted by molar-refractivity contribution is -0.146. The van der Waals surface area contributed by atoms with E-state index in [9.17, 15) is 27.7 Å². The van der Waals surface area contributed by atoms with Crippen LogP contribution in [0.4, 0.5) is 8.78 Å². The number of fused-ring (bicyclic) bond motifs is 1. The van der Waals surface area contributed by atoms with Crippen LogP contribution >= 0.6 is 18.9 Å². The second kappa shape index (κ2) is 10.4. The molecule has 0 radical (unpaired) electrons. The third kappa shape index (κ3) is 5.56. The molecule has 3 aliphatic rings. The SMILES string of the molecule is CC(C)(C)[C@H](NC(=O)c1cc2cc(C(F)(F)P(=O)(O)O)ccc2s1)C(=O)N1CCC[C@H]1C(=O)N1CCC2(CCC2)C1. The molecule has 2 aliphatic heterocycles. The summed E-state index contributed by atoms with van der Waals surface area (Å²) < 4.78 is 40.2. The minimum Gasteiger partial charge on any atom is -0.340 e. The van der Waals surface area contributed by atoms with Crippen LogP contribution in [0, 0.1) is 10.8 Å². The molecule has 3 N–H and O–H groups in total. The second-order valence-corrected chi connectivity index (χ2v) is 15.5. The molecule has 9 nitrogen and oxygen atoms in total. The van der Waals surface area contributed by atoms with Crippen LogP contribution in [-0.4, -0.2) is 69.0 Å². The smallest absolute Gasteiger partial charge is 0.340 e. The summed E-state index contributed by atoms with van der Waals surface area (Å²) in [6.45, 7) is 7.36. The van der Waals surface area contributed by atoms with E-state index < -0.39 is 42.2 Å². The Morgan fingerprint density at radius 3 is 2.39 bits per heavy atom. The molecule has 1 spiro atoms. The van der Waals surface area contributed by atoms with Crippen molar-refractivity contribution in [2.75, 3.05) is 19.6 Å². The van der Waals surface area contributed by atoms with Gasteiger partial charge in [-0.2, -0.15) is 8.78 Å². The Labute approximate surface area is 241 Å². The van der Waals surface area contributed by atoms with Gasteiger partial charge in [0.15, 0.2) is 0 Å². The molecule has 5 rings (SSSR count). The highest BCUT2D eigenvalue weighted by Gasteiger charge is 2.51. The van der Waals surface area contributed by atoms with Gasteiger partial charge in [-0.15, -0.1) is 11.3 Å². The summed E-state index contributed by atoms with van der Waals surface area (Å²) in [5, 5.41) is 3.05. The van der Waals surface area contributed by atoms with Crippen LogP contribution in [0.1, 0.15) is 74.5 Å². The molecule has 224 valence electrons. The molecule has 1 aromatic carbocycles. The largest absolute Gasteiger partial charge is 0.399 e. The Morgan fingerprint density at radius 2 is 1.80 bits per heavy atom. The zero-order chi connectivity index (χ0) is 30.0. The van der Waals surface area contributed by atoms with Crippen molar-refractivity contribution in [2.45, 2.75) is 77.0 Å². The lowest BCUT2D eigenvalue weighted by Crippen LogP contribution is -2.57. The monoisotopic (exact) mass is 611 g/mol. The molecule has 0 bridgehead atoms. The number of alkyl halides is 2. The van der Waals surface area contributed by atoms with Gasteiger partial charge in [-0.05, 0) is 66.5 Å². The number of hydrogen-bond acceptors (Lipinski definition) is 5. The minimum absolute atomic E-state index is 0.0222. The molecule has 3 amide bonds. The van der Waals surface area contributed by atoms with Crippen LogP contribution < -0.4 is 5.32 Å². The number of rotatable bonds is 6. The highest BCUT2D eigenvalue weighted by molar-refractivity contribution is 7.52. The number of nitrogens with one attached hydrogen (secondary N) is 1. The van der Waals surface area contributed by atoms with E-state index in [1.165, 1.54) is 18.6 Å². The predicted octanol–water partition coefficient (Wildman–Crippen LogP) is 4.67. The molecule has 2 atom stereocenters. The number of likely N-dealkylation sites (tertiary alicyclic amines) is 2. The lowest BCUT2D eigenvalue weighted by atomic mass is 9.68. The van der Waals surface area contributed by atoms with Crippen molar-refractivity contribution in [3.05, 3.63) is 34.7 Å². The van der Waals surface area contributed by atoms with Gasteiger partial charge in [-0.3, -0.25) is 18.9 Å². The first kappa shape index (κ1) is 30.1. The second-order valence-electron chi connectivity index (χ2n) is 12.8. The summed E-state index contributed by atoms with van der Waals surface area (Å²) >= 11 is 1.02. The van der Waals surface area contributed by atoms with E-state index in [0.29, 0.717) is 30.6 Å². The van der Waals surface area contributed by atoms with Crippen LogP contribution in [-0.2, 0) is 19.8 Å². The maximum Gasteiger partial charge on any atom is 0.399 e. The van der Waals surface area contributed by atoms with E-state index in [0.717, 1.165) is 49.3 Å². The van der Waals surface area contributed by atoms with E-state index in [1.807, 2.05) is 25.7 Å². The summed E-state index contributed by atoms with van der Waals surface area (Å²) in [7, 11) is -5.74. The van der Waals surface area contributed by atoms with Crippen LogP contribution in [0.2, 0.25) is 0 Å². The van der Waals surface area contributed by atoms with Gasteiger partial charge in [0.25, 0.3) is 5.91 Å². The van der Waals surface area contributed by atoms with Crippen molar-refractivity contribution >= 4 is 46.7 Å². The molecule has 41 heavy (non-hydrogen) atoms. The first-order valence-electron chi connectivity index (χ1n) is 13.9. The van der Waals surface area contributed by atoms with E-state index in [2.05, 4.69) is 5.32 Å². The first-order chi connectivity index (χ1) is 19.0. The van der Waals surface area contributed by atoms with Gasteiger partial charge >= 0.3 is 13.3 Å². The zero-order valence-corrected chi connectivity index (χ0v) is 25.1. The summed E-state index contributed by atoms with van der Waals surface area (Å²) in [5.41, 5.74) is -5.66. The third-order valence-electron chi connectivity index (χ3n) is 8.83. The molecule has 0 unspecified atom stereocenters. The van der Waals surface area contributed by atoms with Crippen LogP contribution in [0.5, 0.6) is 0 Å². The highest BCUT2D eigenvalue weighted by Crippen LogP contribution is 2.59. The number of carbonyl (C=O) groups excluding carboxylic acids is 3. The van der Waals surface area contributed by atoms with Crippen molar-refractivity contribution in [1.29, 1.82) is 0 Å². The molecule has 2 saturated heterocycles. The molecule has 13 heteroatoms. The average Bonchev–Trinajstić information content (AvgIpc) is 3.61. The van der Waals surface area contributed by atoms with Gasteiger partial charge in [0.1, 0.15) is 12.1 Å². The number of carbonyl (C=O) groups is 3. The zero-order valence-electron chi connectivity index (χ0n) is 23.4. The molecule has 2 aromatic rings. The standard InChI is InChI=1S/C28H36F2N3O6PS/c1-26(2,3)22(25(36)33-12-4-6-19(33)24(35)32-13-11-27(16-32)9-5-10-27)31-23(34)21-15-17-14-18(7-8-20(17)41-21)28(29,30)40(37,38)39/h7-8,14-15,19,22H,4-6,9-13,16H2,1-3H3,(H,31,34)(H2,37,38,39)/t19-,22+/m0/s1. The van der Waals surface area contributed by atoms with Gasteiger partial charge in [0.2, 0.25) is 11.8 Å². The normalized spacial score (nSPS) is 21.8. The van der Waals surface area contributed by atoms with Gasteiger partial charge in [-0.25, -0.2) is 0 Å². The maximum atomic E-state index is 14.2. The highest BCUT2D eigenvalue weighted by atomic mass is 32.1. The van der Waals surface area contributed by atoms with Gasteiger partial charge in [-0.1, -0.05) is 33.3 Å². The molecule has 3 heterocycles. The topological polar surface area (TPSA) is 127 Å². The van der Waals surface area contributed by atoms with Gasteiger partial charge in [0, 0.05) is 29.9 Å². The molecule has 3 fully saturated rings. The Balaban J connectivity index is 1.33. The maximum absolute atomic E-state index is 14.2. The summed E-state index contributed by atoms with van der Waals surface area (Å²) in [6.07, 6.45) is 5.78. The van der Waals surface area contributed by atoms with E-state index >= 15 is 0 Å². The number of amides is 3. The molecular weight excluding hydrogens is 575 g/mol. The molecular formula is C28H36F2N3O6PS. The van der Waals surface area contributed by atoms with Crippen molar-refractivity contribution in [3.63, 3.8) is 0 Å². The van der Waals surface area contributed by atoms with Crippen molar-refractivity contribution in [1.82, 2.24) is 15.1 Å². The Morgan fingerprint density at radius 1 is 1.10 bits per heavy atom. The number of thiophene rings is 1. The van der Waals surface area contributed by atoms with Crippen LogP contribution in [0.15, 0.2) is 24.3 Å². The fourth-order valence-electron chi connectivity index (χ4n) is 6.23. The number of benzene rings is 1. The predicted molar refractivity (Wildman–Crippen MR) is 151 cm³/mol. The molecule has 1 aromatic heterocycles. The Hall–Kier alpha value is -2.40. The lowest BCUT2D eigenvalue weighted by Gasteiger charge is -2.39. The van der Waals surface area contributed by atoms with Gasteiger partial charge in [0.05, 0.1) is 4.88 Å². The fourth-order valence-corrected chi connectivity index (χ4v) is 7.66. The van der Waals surface area contributed by atoms with E-state index in [-0.39, 0.29) is 27.5 Å². The van der Waals surface area contributed by atoms with Crippen LogP contribution in [0.25, 0.3) is 10.1 Å². The quantitative estimate of drug-likeness (QED) is 0.408. The van der Waals surface area contributed by atoms with Crippen molar-refractivity contribution in [3.8, 4) is 0 Å². The number of hydrogen-bond donors (Lipinski definition) is 3. The first-order valence-corrected chi connectivity index (χ1v) is 16.3. The van der Waals surface area contributed by atoms with Crippen molar-refractivity contribution < 1.29 is 37.5 Å². The third-order valence-corrected chi connectivity index (χ3v) is 10.9. The van der Waals surface area contributed by atoms with E-state index in [4.69, 9.17) is 9.79 Å². The Bertz CT molecular complexity index is 1430. The van der Waals surface area contributed by atoms with Gasteiger partial charge < -0.3 is 24.9 Å². The average molecular weight is 612 g/mol. The summed E-state index contributed by atoms with van der Waals surface area (Å²) in [6, 6.07) is 3.04. The molecule has 1 saturated carbocycles. The Kier molecular flexibility index (Phi) is 7.63. The molecule has 1 aliphatic carbocycles. The number of nitrogens with zero attached hydrogens (tertiary/aromatic N) is 2. The van der Waals surface area contributed by atoms with Crippen molar-refractivity contribution in [2.24, 2.45) is 10.8 Å². The summed E-state index contributed by atoms with van der Waals surface area (Å²) in [5.74, 6) is -0.925. The fraction of sp³-hybridized carbons (Fsp3) is 0.607. The van der Waals surface area contributed by atoms with Crippen LogP contribution in [0.3, 0.4) is 0 Å². The van der Waals surface area contributed by atoms with E-state index in [1.54, 1.807) is 4.90 Å². The minimum atomic E-state index is -5.74.